The van der Waals surface area contributed by atoms with Gasteiger partial charge in [0.05, 0.1) is 24.3 Å². The van der Waals surface area contributed by atoms with Gasteiger partial charge in [-0.1, -0.05) is 301 Å². The summed E-state index contributed by atoms with van der Waals surface area (Å²) in [6.07, 6.45) is 16.6. The van der Waals surface area contributed by atoms with Gasteiger partial charge in [-0.05, 0) is 273 Å². The first-order valence-electron chi connectivity index (χ1n) is 41.3. The second-order valence-electron chi connectivity index (χ2n) is 30.8. The summed E-state index contributed by atoms with van der Waals surface area (Å²) in [5.41, 5.74) is 28.2. The van der Waals surface area contributed by atoms with E-state index in [1.807, 2.05) is 97.1 Å². The Balaban J connectivity index is 0.000000176. The predicted octanol–water partition coefficient (Wildman–Crippen LogP) is 32.6. The van der Waals surface area contributed by atoms with E-state index < -0.39 is 0 Å². The third-order valence-electron chi connectivity index (χ3n) is 22.4. The quantitative estimate of drug-likeness (QED) is 0.0430. The Bertz CT molecular complexity index is 6340. The maximum Gasteiger partial charge on any atom is 0.202 e. The summed E-state index contributed by atoms with van der Waals surface area (Å²) < 4.78 is 0. The fourth-order valence-corrected chi connectivity index (χ4v) is 16.0. The minimum atomic E-state index is 0.549. The van der Waals surface area contributed by atoms with Gasteiger partial charge in [0.15, 0.2) is 0 Å². The second-order valence-corrected chi connectivity index (χ2v) is 30.8. The van der Waals surface area contributed by atoms with E-state index >= 15 is 0 Å². The molecule has 0 N–H and O–H groups in total. The van der Waals surface area contributed by atoms with Gasteiger partial charge in [-0.3, -0.25) is 0 Å². The third kappa shape index (κ3) is 17.5. The predicted molar refractivity (Wildman–Crippen MR) is 524 cm³/mol. The van der Waals surface area contributed by atoms with Crippen molar-refractivity contribution in [3.8, 4) is 12.1 Å². The molecule has 0 saturated heterocycles. The normalized spacial score (nSPS) is 11.2. The first-order chi connectivity index (χ1) is 60.9. The molecule has 0 spiro atoms. The lowest BCUT2D eigenvalue weighted by Gasteiger charge is -2.25. The number of para-hydroxylation sites is 4. The van der Waals surface area contributed by atoms with Crippen LogP contribution in [0.3, 0.4) is 0 Å². The van der Waals surface area contributed by atoms with Crippen LogP contribution in [0.4, 0.5) is 79.6 Å². The van der Waals surface area contributed by atoms with Gasteiger partial charge in [0, 0.05) is 68.2 Å². The topological polar surface area (TPSA) is 69.3 Å². The summed E-state index contributed by atoms with van der Waals surface area (Å²) >= 11 is 0. The molecule has 588 valence electrons. The van der Waals surface area contributed by atoms with Crippen molar-refractivity contribution in [3.63, 3.8) is 0 Å². The van der Waals surface area contributed by atoms with E-state index in [9.17, 15) is 10.5 Å². The summed E-state index contributed by atoms with van der Waals surface area (Å²) in [6.45, 7) is 24.9. The van der Waals surface area contributed by atoms with Crippen LogP contribution >= 0.6 is 0 Å². The summed E-state index contributed by atoms with van der Waals surface area (Å²) in [6, 6.07) is 139. The van der Waals surface area contributed by atoms with Crippen molar-refractivity contribution in [1.29, 1.82) is 10.5 Å². The molecule has 18 rings (SSSR count). The molecule has 0 aliphatic heterocycles. The first kappa shape index (κ1) is 79.6. The van der Waals surface area contributed by atoms with Crippen LogP contribution in [-0.2, 0) is 0 Å². The van der Waals surface area contributed by atoms with Gasteiger partial charge in [0.25, 0.3) is 0 Å². The Morgan fingerprint density at radius 1 is 0.202 bits per heavy atom. The minimum Gasteiger partial charge on any atom is -0.311 e. The van der Waals surface area contributed by atoms with Crippen molar-refractivity contribution < 1.29 is 0 Å². The number of hydrogen-bond donors (Lipinski definition) is 0. The van der Waals surface area contributed by atoms with Crippen LogP contribution in [0, 0.1) is 63.5 Å². The molecule has 0 amide bonds. The van der Waals surface area contributed by atoms with Crippen LogP contribution < -0.4 is 19.6 Å². The van der Waals surface area contributed by atoms with Crippen LogP contribution in [0.5, 0.6) is 0 Å². The van der Waals surface area contributed by atoms with E-state index in [4.69, 9.17) is 13.1 Å². The van der Waals surface area contributed by atoms with E-state index in [0.29, 0.717) is 22.5 Å². The maximum absolute atomic E-state index is 10.5. The standard InChI is InChI=1S/2C58H42N4/c2*1-41-14-28-49(29-15-41)61(47-10-6-4-7-11-47)51-32-22-43(23-33-51)18-20-45-27-37-54-55(38-45)57(40-59)53-36-26-46(39-56(53)58(54)60-3)21-19-44-24-34-52(35-25-44)62(48-12-8-5-9-13-48)50-30-16-42(2)17-31-50/h2*4-39H,1-2H3/b2*20-18-,21-19-. The van der Waals surface area contributed by atoms with Gasteiger partial charge in [0.1, 0.15) is 12.1 Å². The Labute approximate surface area is 725 Å². The highest BCUT2D eigenvalue weighted by atomic mass is 15.2. The summed E-state index contributed by atoms with van der Waals surface area (Å²) in [7, 11) is 0. The second kappa shape index (κ2) is 36.5. The molecule has 124 heavy (non-hydrogen) atoms. The molecule has 0 bridgehead atoms. The van der Waals surface area contributed by atoms with Crippen LogP contribution in [0.15, 0.2) is 388 Å². The molecule has 0 aliphatic rings. The number of aryl methyl sites for hydroxylation is 4. The smallest absolute Gasteiger partial charge is 0.202 e. The third-order valence-corrected chi connectivity index (χ3v) is 22.4. The van der Waals surface area contributed by atoms with Crippen molar-refractivity contribution in [2.45, 2.75) is 27.7 Å². The van der Waals surface area contributed by atoms with Gasteiger partial charge < -0.3 is 19.6 Å². The van der Waals surface area contributed by atoms with Gasteiger partial charge in [-0.15, -0.1) is 0 Å². The fourth-order valence-electron chi connectivity index (χ4n) is 16.0. The number of anilines is 12. The van der Waals surface area contributed by atoms with E-state index in [2.05, 4.69) is 409 Å². The maximum atomic E-state index is 10.5. The SMILES string of the molecule is [C-]#[N+]c1c2ccc(/C=C\c3ccc(N(c4ccccc4)c4ccc(C)cc4)cc3)cc2c(C#N)c2ccc(/C=C\c3ccc(N(c4ccccc4)c4ccc(C)cc4)cc3)cc12.[C-]#[N+]c1c2ccc(/C=C\c3ccc(N(c4ccccc4)c4ccc(C)cc4)cc3)cc2c(C#N)c2ccc(/C=C\c3ccc(N(c4ccccc4)c4ccc(C)cc4)cc3)cc12. The van der Waals surface area contributed by atoms with E-state index in [1.165, 1.54) is 22.3 Å². The molecule has 0 fully saturated rings. The summed E-state index contributed by atoms with van der Waals surface area (Å²) in [5, 5.41) is 27.2. The van der Waals surface area contributed by atoms with Crippen LogP contribution in [0.2, 0.25) is 0 Å². The highest BCUT2D eigenvalue weighted by Gasteiger charge is 2.21. The molecule has 0 atom stereocenters. The zero-order valence-corrected chi connectivity index (χ0v) is 69.1. The zero-order chi connectivity index (χ0) is 84.8. The number of nitriles is 2. The number of fused-ring (bicyclic) bond motifs is 4. The van der Waals surface area contributed by atoms with Crippen molar-refractivity contribution in [2.75, 3.05) is 19.6 Å². The largest absolute Gasteiger partial charge is 0.311 e. The molecule has 0 heterocycles. The average Bonchev–Trinajstić information content (AvgIpc) is 0.749. The van der Waals surface area contributed by atoms with Crippen LogP contribution in [0.25, 0.3) is 101 Å². The van der Waals surface area contributed by atoms with Crippen molar-refractivity contribution in [3.05, 3.63) is 489 Å². The lowest BCUT2D eigenvalue weighted by molar-refractivity contribution is 1.27. The molecular weight excluding hydrogens is 1510 g/mol. The molecule has 0 aromatic heterocycles. The minimum absolute atomic E-state index is 0.549. The molecular formula is C116H84N8. The number of rotatable bonds is 20. The molecule has 8 heteroatoms. The van der Waals surface area contributed by atoms with Crippen molar-refractivity contribution in [2.24, 2.45) is 0 Å². The zero-order valence-electron chi connectivity index (χ0n) is 69.1. The Kier molecular flexibility index (Phi) is 23.5. The highest BCUT2D eigenvalue weighted by Crippen LogP contribution is 2.45. The van der Waals surface area contributed by atoms with Crippen molar-refractivity contribution >= 4 is 171 Å². The number of nitrogens with zero attached hydrogens (tertiary/aromatic N) is 8. The molecule has 18 aromatic carbocycles. The average molecular weight is 1590 g/mol. The van der Waals surface area contributed by atoms with Crippen LogP contribution in [-0.4, -0.2) is 0 Å². The molecule has 18 aromatic rings. The Morgan fingerprint density at radius 2 is 0.379 bits per heavy atom. The van der Waals surface area contributed by atoms with Crippen LogP contribution in [0.1, 0.15) is 77.9 Å². The van der Waals surface area contributed by atoms with E-state index in [0.717, 1.165) is 156 Å². The van der Waals surface area contributed by atoms with Crippen molar-refractivity contribution in [1.82, 2.24) is 0 Å². The molecule has 0 saturated carbocycles. The Hall–Kier alpha value is -16.9. The van der Waals surface area contributed by atoms with E-state index in [1.54, 1.807) is 0 Å². The highest BCUT2D eigenvalue weighted by molar-refractivity contribution is 6.18. The molecule has 0 aliphatic carbocycles. The summed E-state index contributed by atoms with van der Waals surface area (Å²) in [5.74, 6) is 0. The number of benzene rings is 18. The molecule has 0 unspecified atom stereocenters. The lowest BCUT2D eigenvalue weighted by Crippen LogP contribution is -2.09. The molecule has 0 radical (unpaired) electrons. The summed E-state index contributed by atoms with van der Waals surface area (Å²) in [4.78, 5) is 17.1. The molecule has 8 nitrogen and oxygen atoms in total. The fraction of sp³-hybridized carbons (Fsp3) is 0.0345. The van der Waals surface area contributed by atoms with Gasteiger partial charge in [-0.25, -0.2) is 9.69 Å². The van der Waals surface area contributed by atoms with Gasteiger partial charge in [0.2, 0.25) is 11.4 Å². The van der Waals surface area contributed by atoms with Gasteiger partial charge in [-0.2, -0.15) is 10.5 Å². The monoisotopic (exact) mass is 1590 g/mol. The first-order valence-corrected chi connectivity index (χ1v) is 41.3. The lowest BCUT2D eigenvalue weighted by atomic mass is 9.93. The number of hydrogen-bond acceptors (Lipinski definition) is 6. The van der Waals surface area contributed by atoms with Gasteiger partial charge >= 0.3 is 0 Å². The van der Waals surface area contributed by atoms with E-state index in [-0.39, 0.29) is 0 Å². The Morgan fingerprint density at radius 3 is 0.589 bits per heavy atom.